The maximum absolute atomic E-state index is 13.1. The van der Waals surface area contributed by atoms with E-state index < -0.39 is 11.7 Å². The van der Waals surface area contributed by atoms with Gasteiger partial charge in [-0.3, -0.25) is 4.79 Å². The minimum absolute atomic E-state index is 0.0758. The van der Waals surface area contributed by atoms with Crippen molar-refractivity contribution in [3.05, 3.63) is 64.2 Å². The van der Waals surface area contributed by atoms with Crippen LogP contribution >= 0.6 is 11.6 Å². The van der Waals surface area contributed by atoms with Crippen molar-refractivity contribution in [3.8, 4) is 0 Å². The topological polar surface area (TPSA) is 29.1 Å². The first-order valence-corrected chi connectivity index (χ1v) is 5.88. The quantitative estimate of drug-likeness (QED) is 0.879. The number of halogens is 3. The summed E-state index contributed by atoms with van der Waals surface area (Å²) in [7, 11) is 0. The number of hydrogen-bond acceptors (Lipinski definition) is 1. The van der Waals surface area contributed by atoms with Crippen molar-refractivity contribution in [2.45, 2.75) is 6.92 Å². The highest BCUT2D eigenvalue weighted by Gasteiger charge is 2.09. The zero-order valence-corrected chi connectivity index (χ0v) is 10.8. The van der Waals surface area contributed by atoms with E-state index >= 15 is 0 Å². The molecule has 0 spiro atoms. The van der Waals surface area contributed by atoms with Crippen molar-refractivity contribution in [1.29, 1.82) is 0 Å². The molecule has 5 heteroatoms. The number of carbonyl (C=O) groups is 1. The summed E-state index contributed by atoms with van der Waals surface area (Å²) in [6.45, 7) is 1.57. The predicted molar refractivity (Wildman–Crippen MR) is 70.5 cm³/mol. The number of benzene rings is 2. The molecule has 0 heterocycles. The second-order valence-electron chi connectivity index (χ2n) is 4.05. The lowest BCUT2D eigenvalue weighted by Gasteiger charge is -2.07. The van der Waals surface area contributed by atoms with Crippen LogP contribution in [0.25, 0.3) is 0 Å². The molecule has 0 aliphatic heterocycles. The second kappa shape index (κ2) is 5.36. The van der Waals surface area contributed by atoms with Gasteiger partial charge in [0.05, 0.1) is 5.02 Å². The summed E-state index contributed by atoms with van der Waals surface area (Å²) >= 11 is 5.61. The molecule has 1 amide bonds. The van der Waals surface area contributed by atoms with Crippen LogP contribution in [0.2, 0.25) is 5.02 Å². The highest BCUT2D eigenvalue weighted by molar-refractivity contribution is 6.31. The number of rotatable bonds is 2. The lowest BCUT2D eigenvalue weighted by atomic mass is 10.1. The molecule has 0 saturated carbocycles. The van der Waals surface area contributed by atoms with E-state index in [1.165, 1.54) is 30.3 Å². The number of aryl methyl sites for hydroxylation is 1. The third kappa shape index (κ3) is 3.09. The summed E-state index contributed by atoms with van der Waals surface area (Å²) in [5.41, 5.74) is 1.07. The van der Waals surface area contributed by atoms with E-state index in [4.69, 9.17) is 11.6 Å². The minimum atomic E-state index is -0.558. The predicted octanol–water partition coefficient (Wildman–Crippen LogP) is 4.18. The smallest absolute Gasteiger partial charge is 0.255 e. The van der Waals surface area contributed by atoms with E-state index in [1.54, 1.807) is 6.92 Å². The largest absolute Gasteiger partial charge is 0.322 e. The van der Waals surface area contributed by atoms with E-state index in [0.717, 1.165) is 6.07 Å². The normalized spacial score (nSPS) is 10.3. The average Bonchev–Trinajstić information content (AvgIpc) is 2.37. The monoisotopic (exact) mass is 281 g/mol. The highest BCUT2D eigenvalue weighted by atomic mass is 35.5. The first-order chi connectivity index (χ1) is 8.97. The molecule has 2 rings (SSSR count). The third-order valence-corrected chi connectivity index (χ3v) is 2.89. The van der Waals surface area contributed by atoms with Gasteiger partial charge in [-0.25, -0.2) is 8.78 Å². The highest BCUT2D eigenvalue weighted by Crippen LogP contribution is 2.20. The van der Waals surface area contributed by atoms with Crippen LogP contribution in [0, 0.1) is 18.6 Å². The van der Waals surface area contributed by atoms with Crippen LogP contribution in [0.1, 0.15) is 15.9 Å². The molecular formula is C14H10ClF2NO. The van der Waals surface area contributed by atoms with Gasteiger partial charge in [-0.05, 0) is 48.9 Å². The number of nitrogens with one attached hydrogen (secondary N) is 1. The summed E-state index contributed by atoms with van der Waals surface area (Å²) in [5.74, 6) is -1.34. The lowest BCUT2D eigenvalue weighted by Crippen LogP contribution is -2.12. The maximum atomic E-state index is 13.1. The Kier molecular flexibility index (Phi) is 3.81. The second-order valence-corrected chi connectivity index (χ2v) is 4.45. The summed E-state index contributed by atoms with van der Waals surface area (Å²) in [6, 6.07) is 7.91. The van der Waals surface area contributed by atoms with Crippen molar-refractivity contribution >= 4 is 23.2 Å². The molecule has 0 aromatic heterocycles. The van der Waals surface area contributed by atoms with Gasteiger partial charge in [0.15, 0.2) is 0 Å². The van der Waals surface area contributed by atoms with Crippen LogP contribution in [-0.4, -0.2) is 5.91 Å². The number of hydrogen-bond donors (Lipinski definition) is 1. The van der Waals surface area contributed by atoms with Gasteiger partial charge in [0, 0.05) is 11.3 Å². The Bertz CT molecular complexity index is 643. The van der Waals surface area contributed by atoms with E-state index in [-0.39, 0.29) is 10.8 Å². The van der Waals surface area contributed by atoms with Gasteiger partial charge in [0.2, 0.25) is 0 Å². The number of amides is 1. The van der Waals surface area contributed by atoms with Gasteiger partial charge in [0.1, 0.15) is 11.6 Å². The molecule has 2 aromatic rings. The molecule has 0 aliphatic rings. The van der Waals surface area contributed by atoms with Gasteiger partial charge in [-0.1, -0.05) is 11.6 Å². The Morgan fingerprint density at radius 1 is 1.11 bits per heavy atom. The summed E-state index contributed by atoms with van der Waals surface area (Å²) in [4.78, 5) is 11.9. The molecule has 2 aromatic carbocycles. The first-order valence-electron chi connectivity index (χ1n) is 5.50. The van der Waals surface area contributed by atoms with E-state index in [2.05, 4.69) is 5.32 Å². The van der Waals surface area contributed by atoms with E-state index in [1.807, 2.05) is 0 Å². The molecule has 0 unspecified atom stereocenters. The molecule has 0 fully saturated rings. The Hall–Kier alpha value is -1.94. The standard InChI is InChI=1S/C14H10ClF2NO/c1-8-6-9(2-4-12(8)16)14(19)18-10-3-5-13(17)11(15)7-10/h2-7H,1H3,(H,18,19). The zero-order valence-electron chi connectivity index (χ0n) is 10.0. The van der Waals surface area contributed by atoms with Crippen LogP contribution in [0.4, 0.5) is 14.5 Å². The zero-order chi connectivity index (χ0) is 14.0. The van der Waals surface area contributed by atoms with Crippen molar-refractivity contribution in [2.24, 2.45) is 0 Å². The Labute approximate surface area is 114 Å². The fourth-order valence-corrected chi connectivity index (χ4v) is 1.74. The lowest BCUT2D eigenvalue weighted by molar-refractivity contribution is 0.102. The van der Waals surface area contributed by atoms with Gasteiger partial charge in [0.25, 0.3) is 5.91 Å². The van der Waals surface area contributed by atoms with Crippen molar-refractivity contribution < 1.29 is 13.6 Å². The summed E-state index contributed by atoms with van der Waals surface area (Å²) in [6.07, 6.45) is 0. The minimum Gasteiger partial charge on any atom is -0.322 e. The van der Waals surface area contributed by atoms with Gasteiger partial charge < -0.3 is 5.32 Å². The van der Waals surface area contributed by atoms with Crippen LogP contribution in [0.3, 0.4) is 0 Å². The fourth-order valence-electron chi connectivity index (χ4n) is 1.56. The fraction of sp³-hybridized carbons (Fsp3) is 0.0714. The molecular weight excluding hydrogens is 272 g/mol. The molecule has 0 aliphatic carbocycles. The van der Waals surface area contributed by atoms with Gasteiger partial charge >= 0.3 is 0 Å². The Morgan fingerprint density at radius 2 is 1.79 bits per heavy atom. The maximum Gasteiger partial charge on any atom is 0.255 e. The van der Waals surface area contributed by atoms with Crippen LogP contribution in [-0.2, 0) is 0 Å². The summed E-state index contributed by atoms with van der Waals surface area (Å²) in [5, 5.41) is 2.48. The SMILES string of the molecule is Cc1cc(C(=O)Nc2ccc(F)c(Cl)c2)ccc1F. The molecule has 0 radical (unpaired) electrons. The number of anilines is 1. The van der Waals surface area contributed by atoms with Crippen molar-refractivity contribution in [2.75, 3.05) is 5.32 Å². The average molecular weight is 282 g/mol. The van der Waals surface area contributed by atoms with Crippen LogP contribution in [0.5, 0.6) is 0 Å². The molecule has 1 N–H and O–H groups in total. The first kappa shape index (κ1) is 13.5. The Balaban J connectivity index is 2.20. The van der Waals surface area contributed by atoms with Crippen LogP contribution < -0.4 is 5.32 Å². The molecule has 0 saturated heterocycles. The molecule has 98 valence electrons. The number of carbonyl (C=O) groups excluding carboxylic acids is 1. The third-order valence-electron chi connectivity index (χ3n) is 2.60. The summed E-state index contributed by atoms with van der Waals surface area (Å²) < 4.78 is 26.1. The molecule has 0 atom stereocenters. The van der Waals surface area contributed by atoms with E-state index in [0.29, 0.717) is 16.8 Å². The molecule has 19 heavy (non-hydrogen) atoms. The van der Waals surface area contributed by atoms with Crippen molar-refractivity contribution in [3.63, 3.8) is 0 Å². The van der Waals surface area contributed by atoms with Gasteiger partial charge in [-0.2, -0.15) is 0 Å². The van der Waals surface area contributed by atoms with E-state index in [9.17, 15) is 13.6 Å². The molecule has 0 bridgehead atoms. The van der Waals surface area contributed by atoms with Crippen LogP contribution in [0.15, 0.2) is 36.4 Å². The van der Waals surface area contributed by atoms with Gasteiger partial charge in [-0.15, -0.1) is 0 Å². The molecule has 2 nitrogen and oxygen atoms in total. The van der Waals surface area contributed by atoms with Crippen molar-refractivity contribution in [1.82, 2.24) is 0 Å². The Morgan fingerprint density at radius 3 is 2.42 bits per heavy atom.